The van der Waals surface area contributed by atoms with E-state index in [1.807, 2.05) is 10.8 Å². The van der Waals surface area contributed by atoms with Crippen LogP contribution in [0, 0.1) is 0 Å². The number of halogens is 1. The van der Waals surface area contributed by atoms with Crippen LogP contribution in [0.5, 0.6) is 0 Å². The van der Waals surface area contributed by atoms with Gasteiger partial charge in [-0.1, -0.05) is 11.3 Å². The summed E-state index contributed by atoms with van der Waals surface area (Å²) >= 11 is 4.69. The molecule has 2 aromatic heterocycles. The fraction of sp³-hybridized carbons (Fsp3) is 0.273. The van der Waals surface area contributed by atoms with Crippen LogP contribution in [-0.2, 0) is 0 Å². The monoisotopic (exact) mass is 326 g/mol. The Labute approximate surface area is 116 Å². The van der Waals surface area contributed by atoms with Crippen molar-refractivity contribution in [3.63, 3.8) is 0 Å². The lowest BCUT2D eigenvalue weighted by Crippen LogP contribution is -2.16. The van der Waals surface area contributed by atoms with Crippen LogP contribution >= 0.6 is 27.3 Å². The van der Waals surface area contributed by atoms with Crippen LogP contribution < -0.4 is 11.1 Å². The molecule has 0 radical (unpaired) electrons. The molecule has 0 aliphatic heterocycles. The number of nitrogens with two attached hydrogens (primary N) is 1. The number of rotatable bonds is 3. The largest absolute Gasteiger partial charge is 0.397 e. The molecule has 0 aromatic carbocycles. The molecule has 94 valence electrons. The Kier molecular flexibility index (Phi) is 2.87. The Morgan fingerprint density at radius 3 is 3.00 bits per heavy atom. The van der Waals surface area contributed by atoms with Gasteiger partial charge in [0.2, 0.25) is 0 Å². The molecule has 0 unspecified atom stereocenters. The summed E-state index contributed by atoms with van der Waals surface area (Å²) in [6.07, 6.45) is 5.70. The van der Waals surface area contributed by atoms with Crippen LogP contribution in [0.15, 0.2) is 22.2 Å². The van der Waals surface area contributed by atoms with E-state index in [1.165, 1.54) is 11.3 Å². The number of nitrogens with zero attached hydrogens (tertiary/aromatic N) is 2. The molecule has 7 heteroatoms. The standard InChI is InChI=1S/C11H11BrN4OS/c12-9-4-14-11(18-9)15-10(17)8-3-6(13)5-16(8)7-1-2-7/h3-5,7H,1-2,13H2,(H,14,15,17). The summed E-state index contributed by atoms with van der Waals surface area (Å²) in [6.45, 7) is 0. The molecule has 5 nitrogen and oxygen atoms in total. The van der Waals surface area contributed by atoms with Gasteiger partial charge in [0.05, 0.1) is 15.7 Å². The van der Waals surface area contributed by atoms with Crippen molar-refractivity contribution in [1.29, 1.82) is 0 Å². The molecule has 2 aromatic rings. The van der Waals surface area contributed by atoms with Crippen molar-refractivity contribution in [2.24, 2.45) is 0 Å². The van der Waals surface area contributed by atoms with Crippen LogP contribution in [0.25, 0.3) is 0 Å². The minimum Gasteiger partial charge on any atom is -0.397 e. The van der Waals surface area contributed by atoms with Gasteiger partial charge in [-0.25, -0.2) is 4.98 Å². The highest BCUT2D eigenvalue weighted by molar-refractivity contribution is 9.11. The molecule has 0 atom stereocenters. The van der Waals surface area contributed by atoms with Gasteiger partial charge in [-0.3, -0.25) is 10.1 Å². The van der Waals surface area contributed by atoms with Gasteiger partial charge >= 0.3 is 0 Å². The van der Waals surface area contributed by atoms with Gasteiger partial charge < -0.3 is 10.3 Å². The third kappa shape index (κ3) is 2.28. The molecular weight excluding hydrogens is 316 g/mol. The number of carbonyl (C=O) groups is 1. The quantitative estimate of drug-likeness (QED) is 0.910. The van der Waals surface area contributed by atoms with E-state index in [1.54, 1.807) is 12.3 Å². The Balaban J connectivity index is 1.83. The number of hydrogen-bond acceptors (Lipinski definition) is 4. The smallest absolute Gasteiger partial charge is 0.274 e. The van der Waals surface area contributed by atoms with Crippen LogP contribution in [0.4, 0.5) is 10.8 Å². The SMILES string of the molecule is Nc1cc(C(=O)Nc2ncc(Br)s2)n(C2CC2)c1. The van der Waals surface area contributed by atoms with E-state index in [9.17, 15) is 4.79 Å². The summed E-state index contributed by atoms with van der Waals surface area (Å²) in [5, 5.41) is 3.36. The number of nitrogen functional groups attached to an aromatic ring is 1. The van der Waals surface area contributed by atoms with Gasteiger partial charge in [0.25, 0.3) is 5.91 Å². The van der Waals surface area contributed by atoms with Crippen LogP contribution in [0.3, 0.4) is 0 Å². The molecule has 18 heavy (non-hydrogen) atoms. The summed E-state index contributed by atoms with van der Waals surface area (Å²) in [5.41, 5.74) is 6.98. The number of amides is 1. The van der Waals surface area contributed by atoms with Crippen molar-refractivity contribution in [2.75, 3.05) is 11.1 Å². The van der Waals surface area contributed by atoms with Crippen molar-refractivity contribution >= 4 is 44.0 Å². The van der Waals surface area contributed by atoms with Gasteiger partial charge in [0.1, 0.15) is 5.69 Å². The van der Waals surface area contributed by atoms with Crippen LogP contribution in [0.2, 0.25) is 0 Å². The summed E-state index contributed by atoms with van der Waals surface area (Å²) in [4.78, 5) is 16.2. The Morgan fingerprint density at radius 2 is 2.39 bits per heavy atom. The molecule has 0 bridgehead atoms. The van der Waals surface area contributed by atoms with E-state index in [0.29, 0.717) is 22.6 Å². The molecule has 0 saturated heterocycles. The van der Waals surface area contributed by atoms with Crippen molar-refractivity contribution in [1.82, 2.24) is 9.55 Å². The van der Waals surface area contributed by atoms with Crippen molar-refractivity contribution in [2.45, 2.75) is 18.9 Å². The first-order valence-electron chi connectivity index (χ1n) is 5.53. The molecule has 0 spiro atoms. The second-order valence-electron chi connectivity index (χ2n) is 4.22. The van der Waals surface area contributed by atoms with Gasteiger partial charge in [-0.2, -0.15) is 0 Å². The van der Waals surface area contributed by atoms with Crippen LogP contribution in [0.1, 0.15) is 29.4 Å². The molecule has 1 saturated carbocycles. The predicted octanol–water partition coefficient (Wildman–Crippen LogP) is 2.88. The molecule has 1 fully saturated rings. The Bertz CT molecular complexity index is 602. The highest BCUT2D eigenvalue weighted by Crippen LogP contribution is 2.37. The molecule has 3 N–H and O–H groups in total. The van der Waals surface area contributed by atoms with Crippen molar-refractivity contribution in [3.05, 3.63) is 27.9 Å². The van der Waals surface area contributed by atoms with E-state index >= 15 is 0 Å². The number of anilines is 2. The second-order valence-corrected chi connectivity index (χ2v) is 6.63. The Hall–Kier alpha value is -1.34. The van der Waals surface area contributed by atoms with Crippen LogP contribution in [-0.4, -0.2) is 15.5 Å². The normalized spacial score (nSPS) is 14.7. The number of hydrogen-bond donors (Lipinski definition) is 2. The first-order valence-corrected chi connectivity index (χ1v) is 7.14. The number of thiazole rings is 1. The third-order valence-electron chi connectivity index (χ3n) is 2.74. The molecule has 1 aliphatic rings. The molecular formula is C11H11BrN4OS. The van der Waals surface area contributed by atoms with E-state index < -0.39 is 0 Å². The third-order valence-corrected chi connectivity index (χ3v) is 4.13. The predicted molar refractivity (Wildman–Crippen MR) is 74.9 cm³/mol. The molecule has 1 aliphatic carbocycles. The fourth-order valence-corrected chi connectivity index (χ4v) is 2.91. The fourth-order valence-electron chi connectivity index (χ4n) is 1.81. The zero-order valence-electron chi connectivity index (χ0n) is 9.39. The van der Waals surface area contributed by atoms with Gasteiger partial charge in [0.15, 0.2) is 5.13 Å². The lowest BCUT2D eigenvalue weighted by molar-refractivity contribution is 0.101. The molecule has 3 rings (SSSR count). The van der Waals surface area contributed by atoms with E-state index in [2.05, 4.69) is 26.2 Å². The maximum absolute atomic E-state index is 12.2. The number of nitrogens with one attached hydrogen (secondary N) is 1. The summed E-state index contributed by atoms with van der Waals surface area (Å²) in [5.74, 6) is -0.166. The lowest BCUT2D eigenvalue weighted by Gasteiger charge is -2.06. The first-order chi connectivity index (χ1) is 8.63. The maximum Gasteiger partial charge on any atom is 0.274 e. The summed E-state index contributed by atoms with van der Waals surface area (Å²) in [7, 11) is 0. The summed E-state index contributed by atoms with van der Waals surface area (Å²) < 4.78 is 2.84. The van der Waals surface area contributed by atoms with Gasteiger partial charge in [-0.05, 0) is 34.8 Å². The number of aromatic nitrogens is 2. The second kappa shape index (κ2) is 4.40. The number of carbonyl (C=O) groups excluding carboxylic acids is 1. The lowest BCUT2D eigenvalue weighted by atomic mass is 10.4. The highest BCUT2D eigenvalue weighted by atomic mass is 79.9. The minimum absolute atomic E-state index is 0.166. The zero-order chi connectivity index (χ0) is 12.7. The average molecular weight is 327 g/mol. The van der Waals surface area contributed by atoms with Crippen molar-refractivity contribution in [3.8, 4) is 0 Å². The molecule has 1 amide bonds. The summed E-state index contributed by atoms with van der Waals surface area (Å²) in [6, 6.07) is 2.13. The van der Waals surface area contributed by atoms with Gasteiger partial charge in [0, 0.05) is 12.2 Å². The van der Waals surface area contributed by atoms with Crippen molar-refractivity contribution < 1.29 is 4.79 Å². The maximum atomic E-state index is 12.2. The first kappa shape index (κ1) is 11.7. The zero-order valence-corrected chi connectivity index (χ0v) is 11.8. The van der Waals surface area contributed by atoms with Gasteiger partial charge in [-0.15, -0.1) is 0 Å². The highest BCUT2D eigenvalue weighted by Gasteiger charge is 2.27. The average Bonchev–Trinajstić information content (AvgIpc) is 2.98. The topological polar surface area (TPSA) is 72.9 Å². The Morgan fingerprint density at radius 1 is 1.61 bits per heavy atom. The van der Waals surface area contributed by atoms with E-state index in [4.69, 9.17) is 5.73 Å². The van der Waals surface area contributed by atoms with E-state index in [0.717, 1.165) is 16.6 Å². The van der Waals surface area contributed by atoms with E-state index in [-0.39, 0.29) is 5.91 Å². The minimum atomic E-state index is -0.166. The molecule has 2 heterocycles.